The lowest BCUT2D eigenvalue weighted by Crippen LogP contribution is -2.61. The van der Waals surface area contributed by atoms with Crippen LogP contribution in [0.15, 0.2) is 5.16 Å². The molecule has 0 radical (unpaired) electrons. The third-order valence-corrected chi connectivity index (χ3v) is 12.2. The molecule has 2 aliphatic heterocycles. The van der Waals surface area contributed by atoms with E-state index in [0.717, 1.165) is 0 Å². The van der Waals surface area contributed by atoms with Gasteiger partial charge in [0.25, 0.3) is 0 Å². The standard InChI is InChI=1S/C39H74N2O13/c1-16-28(42)39(11,46)29(17-2)52-35(45)24(6)32(53-30-20-37(9,48-14)33(44)26(8)51-30)23(5)34(38(10,49-15)19-21(3)25(7)40-47)54-36-31(43)27(41(12)13)18-22(4)50-36/h21-24,26-34,36,42-44,46-47H,16-20H2,1-15H3/b40-25-/t21-,22-,23+,24-,26+,27?,28?,29-,30?,31?,32?,33?,34?,36?,37-,38-,39+/m1/s1. The summed E-state index contributed by atoms with van der Waals surface area (Å²) in [6.07, 6.45) is -7.65. The molecule has 2 aliphatic rings. The van der Waals surface area contributed by atoms with E-state index in [1.165, 1.54) is 14.0 Å². The van der Waals surface area contributed by atoms with Gasteiger partial charge in [-0.05, 0) is 88.2 Å². The molecule has 15 heteroatoms. The molecule has 0 aromatic heterocycles. The third kappa shape index (κ3) is 11.3. The molecule has 15 nitrogen and oxygen atoms in total. The van der Waals surface area contributed by atoms with Crippen LogP contribution in [0.3, 0.4) is 0 Å². The lowest BCUT2D eigenvalue weighted by Gasteiger charge is -2.49. The molecule has 0 aromatic rings. The number of aliphatic hydroxyl groups is 4. The molecule has 2 rings (SSSR count). The van der Waals surface area contributed by atoms with Gasteiger partial charge in [-0.3, -0.25) is 4.79 Å². The molecule has 0 spiro atoms. The molecule has 5 N–H and O–H groups in total. The second-order valence-corrected chi connectivity index (χ2v) is 16.7. The molecule has 2 saturated heterocycles. The number of rotatable bonds is 20. The van der Waals surface area contributed by atoms with Crippen LogP contribution in [0, 0.1) is 17.8 Å². The van der Waals surface area contributed by atoms with Crippen LogP contribution in [-0.2, 0) is 38.0 Å². The summed E-state index contributed by atoms with van der Waals surface area (Å²) in [5.74, 6) is -2.71. The number of aliphatic hydroxyl groups excluding tert-OH is 3. The van der Waals surface area contributed by atoms with E-state index in [0.29, 0.717) is 18.6 Å². The largest absolute Gasteiger partial charge is 0.459 e. The Balaban J connectivity index is 2.74. The molecule has 318 valence electrons. The fourth-order valence-corrected chi connectivity index (χ4v) is 8.06. The Labute approximate surface area is 323 Å². The zero-order valence-corrected chi connectivity index (χ0v) is 35.5. The number of ether oxygens (including phenoxy) is 7. The fourth-order valence-electron chi connectivity index (χ4n) is 8.06. The van der Waals surface area contributed by atoms with Gasteiger partial charge in [-0.25, -0.2) is 0 Å². The maximum absolute atomic E-state index is 14.2. The van der Waals surface area contributed by atoms with Crippen LogP contribution in [0.4, 0.5) is 0 Å². The maximum Gasteiger partial charge on any atom is 0.311 e. The lowest BCUT2D eigenvalue weighted by atomic mass is 9.77. The van der Waals surface area contributed by atoms with Gasteiger partial charge >= 0.3 is 5.97 Å². The van der Waals surface area contributed by atoms with Gasteiger partial charge in [0.1, 0.15) is 23.9 Å². The van der Waals surface area contributed by atoms with Crippen molar-refractivity contribution in [2.24, 2.45) is 22.9 Å². The molecule has 2 heterocycles. The molecular weight excluding hydrogens is 704 g/mol. The Bertz CT molecular complexity index is 1190. The molecule has 54 heavy (non-hydrogen) atoms. The van der Waals surface area contributed by atoms with Crippen LogP contribution >= 0.6 is 0 Å². The summed E-state index contributed by atoms with van der Waals surface area (Å²) in [5, 5.41) is 57.5. The van der Waals surface area contributed by atoms with Gasteiger partial charge < -0.3 is 63.7 Å². The molecular formula is C39H74N2O13. The molecule has 0 aliphatic carbocycles. The number of carbonyl (C=O) groups excluding carboxylic acids is 1. The highest BCUT2D eigenvalue weighted by molar-refractivity contribution is 5.83. The van der Waals surface area contributed by atoms with E-state index in [1.54, 1.807) is 48.7 Å². The molecule has 2 fully saturated rings. The summed E-state index contributed by atoms with van der Waals surface area (Å²) in [6.45, 7) is 19.3. The van der Waals surface area contributed by atoms with Crippen molar-refractivity contribution < 1.29 is 63.6 Å². The summed E-state index contributed by atoms with van der Waals surface area (Å²) < 4.78 is 44.0. The lowest BCUT2D eigenvalue weighted by molar-refractivity contribution is -0.319. The Morgan fingerprint density at radius 2 is 1.67 bits per heavy atom. The van der Waals surface area contributed by atoms with Crippen LogP contribution in [0.1, 0.15) is 108 Å². The first kappa shape index (κ1) is 48.6. The van der Waals surface area contributed by atoms with Crippen molar-refractivity contribution in [2.45, 2.75) is 193 Å². The topological polar surface area (TPSA) is 198 Å². The monoisotopic (exact) mass is 779 g/mol. The number of hydrogen-bond acceptors (Lipinski definition) is 15. The van der Waals surface area contributed by atoms with Crippen molar-refractivity contribution in [1.29, 1.82) is 0 Å². The Kier molecular flexibility index (Phi) is 18.3. The third-order valence-electron chi connectivity index (χ3n) is 12.2. The van der Waals surface area contributed by atoms with Crippen molar-refractivity contribution >= 4 is 11.7 Å². The van der Waals surface area contributed by atoms with Gasteiger partial charge in [0.15, 0.2) is 12.6 Å². The van der Waals surface area contributed by atoms with Crippen LogP contribution in [0.5, 0.6) is 0 Å². The minimum Gasteiger partial charge on any atom is -0.459 e. The number of methoxy groups -OCH3 is 2. The number of likely N-dealkylation sites (N-methyl/N-ethyl adjacent to an activating group) is 1. The zero-order valence-electron chi connectivity index (χ0n) is 35.5. The minimum atomic E-state index is -1.73. The van der Waals surface area contributed by atoms with Crippen LogP contribution < -0.4 is 0 Å². The second-order valence-electron chi connectivity index (χ2n) is 16.7. The predicted octanol–water partition coefficient (Wildman–Crippen LogP) is 3.48. The van der Waals surface area contributed by atoms with Gasteiger partial charge in [-0.15, -0.1) is 0 Å². The summed E-state index contributed by atoms with van der Waals surface area (Å²) >= 11 is 0. The summed E-state index contributed by atoms with van der Waals surface area (Å²) in [4.78, 5) is 16.2. The van der Waals surface area contributed by atoms with Gasteiger partial charge in [0.05, 0.1) is 53.4 Å². The minimum absolute atomic E-state index is 0.123. The van der Waals surface area contributed by atoms with Crippen molar-refractivity contribution in [2.75, 3.05) is 28.3 Å². The fraction of sp³-hybridized carbons (Fsp3) is 0.949. The smallest absolute Gasteiger partial charge is 0.311 e. The second kappa shape index (κ2) is 20.3. The van der Waals surface area contributed by atoms with Gasteiger partial charge in [0, 0.05) is 38.5 Å². The van der Waals surface area contributed by atoms with Crippen molar-refractivity contribution in [3.63, 3.8) is 0 Å². The first-order valence-electron chi connectivity index (χ1n) is 19.5. The highest BCUT2D eigenvalue weighted by atomic mass is 16.7. The number of carbonyl (C=O) groups is 1. The summed E-state index contributed by atoms with van der Waals surface area (Å²) in [6, 6.07) is -0.278. The van der Waals surface area contributed by atoms with E-state index in [9.17, 15) is 30.4 Å². The van der Waals surface area contributed by atoms with Gasteiger partial charge in [-0.2, -0.15) is 0 Å². The van der Waals surface area contributed by atoms with Crippen LogP contribution in [-0.4, -0.2) is 155 Å². The van der Waals surface area contributed by atoms with E-state index >= 15 is 0 Å². The summed E-state index contributed by atoms with van der Waals surface area (Å²) in [7, 11) is 6.82. The Morgan fingerprint density at radius 3 is 2.17 bits per heavy atom. The highest BCUT2D eigenvalue weighted by Gasteiger charge is 2.52. The number of hydrogen-bond donors (Lipinski definition) is 5. The zero-order chi connectivity index (χ0) is 41.5. The van der Waals surface area contributed by atoms with Crippen molar-refractivity contribution in [1.82, 2.24) is 4.90 Å². The average Bonchev–Trinajstić information content (AvgIpc) is 3.13. The van der Waals surface area contributed by atoms with Gasteiger partial charge in [-0.1, -0.05) is 32.9 Å². The number of nitrogens with zero attached hydrogens (tertiary/aromatic N) is 2. The first-order chi connectivity index (χ1) is 25.0. The SMILES string of the molecule is CCC(O)[C@](C)(O)[C@@H](CC)OC(=O)[C@H](C)C(OC1C[C@@](C)(OC)C(O)[C@H](C)O1)[C@H](C)C(OC1O[C@H](C)CC(N(C)C)C1O)[C@@](C)(C[C@@H](C)/C(C)=N\O)OC. The van der Waals surface area contributed by atoms with E-state index in [1.807, 2.05) is 46.7 Å². The maximum atomic E-state index is 14.2. The van der Waals surface area contributed by atoms with Crippen molar-refractivity contribution in [3.8, 4) is 0 Å². The van der Waals surface area contributed by atoms with Crippen molar-refractivity contribution in [3.05, 3.63) is 0 Å². The van der Waals surface area contributed by atoms with Crippen LogP contribution in [0.25, 0.3) is 0 Å². The van der Waals surface area contributed by atoms with E-state index in [4.69, 9.17) is 33.2 Å². The van der Waals surface area contributed by atoms with E-state index < -0.39 is 89.9 Å². The Hall–Kier alpha value is -1.50. The molecule has 0 saturated carbocycles. The Morgan fingerprint density at radius 1 is 1.06 bits per heavy atom. The molecule has 0 bridgehead atoms. The average molecular weight is 779 g/mol. The normalized spacial score (nSPS) is 34.5. The predicted molar refractivity (Wildman–Crippen MR) is 202 cm³/mol. The first-order valence-corrected chi connectivity index (χ1v) is 19.5. The number of oxime groups is 1. The molecule has 8 unspecified atom stereocenters. The molecule has 0 amide bonds. The molecule has 17 atom stereocenters. The molecule has 0 aromatic carbocycles. The quantitative estimate of drug-likeness (QED) is 0.0521. The van der Waals surface area contributed by atoms with E-state index in [2.05, 4.69) is 5.16 Å². The summed E-state index contributed by atoms with van der Waals surface area (Å²) in [5.41, 5.74) is -3.44. The van der Waals surface area contributed by atoms with Crippen LogP contribution in [0.2, 0.25) is 0 Å². The number of esters is 1. The van der Waals surface area contributed by atoms with E-state index in [-0.39, 0.29) is 37.3 Å². The van der Waals surface area contributed by atoms with Gasteiger partial charge in [0.2, 0.25) is 0 Å². The highest BCUT2D eigenvalue weighted by Crippen LogP contribution is 2.41.